The van der Waals surface area contributed by atoms with Crippen LogP contribution in [0.2, 0.25) is 0 Å². The van der Waals surface area contributed by atoms with E-state index in [1.54, 1.807) is 24.3 Å². The minimum atomic E-state index is -0.495. The molecule has 1 heterocycles. The number of benzene rings is 1. The first-order chi connectivity index (χ1) is 9.04. The number of esters is 1. The lowest BCUT2D eigenvalue weighted by Crippen LogP contribution is -2.16. The van der Waals surface area contributed by atoms with E-state index in [2.05, 4.69) is 5.10 Å². The summed E-state index contributed by atoms with van der Waals surface area (Å²) in [6, 6.07) is 7.11. The monoisotopic (exact) mass is 260 g/mol. The van der Waals surface area contributed by atoms with Crippen molar-refractivity contribution in [1.82, 2.24) is 9.78 Å². The molecule has 1 aromatic carbocycles. The van der Waals surface area contributed by atoms with E-state index >= 15 is 0 Å². The molecule has 1 atom stereocenters. The van der Waals surface area contributed by atoms with E-state index in [-0.39, 0.29) is 17.7 Å². The molecule has 0 amide bonds. The molecule has 0 saturated heterocycles. The molecule has 2 rings (SSSR count). The molecule has 0 aliphatic carbocycles. The van der Waals surface area contributed by atoms with Gasteiger partial charge in [0.1, 0.15) is 0 Å². The number of hydrogen-bond donors (Lipinski definition) is 0. The molecular formula is C14H16N2O3. The van der Waals surface area contributed by atoms with E-state index in [0.29, 0.717) is 10.9 Å². The number of fused-ring (bicyclic) bond motifs is 1. The van der Waals surface area contributed by atoms with Crippen molar-refractivity contribution in [2.24, 2.45) is 0 Å². The van der Waals surface area contributed by atoms with Crippen molar-refractivity contribution in [1.29, 1.82) is 0 Å². The molecule has 0 unspecified atom stereocenters. The van der Waals surface area contributed by atoms with Gasteiger partial charge in [-0.3, -0.25) is 4.79 Å². The van der Waals surface area contributed by atoms with Crippen LogP contribution in [0.5, 0.6) is 0 Å². The van der Waals surface area contributed by atoms with Crippen LogP contribution in [0.3, 0.4) is 0 Å². The van der Waals surface area contributed by atoms with Gasteiger partial charge in [-0.2, -0.15) is 9.78 Å². The average molecular weight is 260 g/mol. The Balaban J connectivity index is 2.49. The van der Waals surface area contributed by atoms with Gasteiger partial charge in [0.05, 0.1) is 11.6 Å². The van der Waals surface area contributed by atoms with Gasteiger partial charge in [-0.15, -0.1) is 0 Å². The summed E-state index contributed by atoms with van der Waals surface area (Å²) in [6.07, 6.45) is 0.561. The third kappa shape index (κ3) is 2.50. The maximum absolute atomic E-state index is 12.1. The molecule has 5 nitrogen and oxygen atoms in total. The zero-order valence-corrected chi connectivity index (χ0v) is 11.2. The fraction of sp³-hybridized carbons (Fsp3) is 0.357. The first-order valence-corrected chi connectivity index (χ1v) is 6.24. The molecule has 0 N–H and O–H groups in total. The summed E-state index contributed by atoms with van der Waals surface area (Å²) in [4.78, 5) is 23.6. The molecule has 100 valence electrons. The Labute approximate surface area is 111 Å². The molecule has 1 aromatic heterocycles. The van der Waals surface area contributed by atoms with Crippen LogP contribution in [0.1, 0.15) is 42.5 Å². The van der Waals surface area contributed by atoms with Crippen molar-refractivity contribution >= 4 is 22.8 Å². The van der Waals surface area contributed by atoms with Crippen LogP contribution in [-0.2, 0) is 4.74 Å². The number of ether oxygens (including phenoxy) is 1. The Morgan fingerprint density at radius 3 is 2.68 bits per heavy atom. The zero-order valence-electron chi connectivity index (χ0n) is 11.2. The van der Waals surface area contributed by atoms with Crippen LogP contribution in [0.25, 0.3) is 10.9 Å². The smallest absolute Gasteiger partial charge is 0.359 e. The third-order valence-electron chi connectivity index (χ3n) is 2.96. The second-order valence-corrected chi connectivity index (χ2v) is 4.42. The van der Waals surface area contributed by atoms with Gasteiger partial charge >= 0.3 is 5.97 Å². The summed E-state index contributed by atoms with van der Waals surface area (Å²) < 4.78 is 6.49. The average Bonchev–Trinajstić information content (AvgIpc) is 2.78. The molecule has 0 aliphatic heterocycles. The van der Waals surface area contributed by atoms with Crippen molar-refractivity contribution in [2.75, 3.05) is 0 Å². The Hall–Kier alpha value is -2.17. The number of carbonyl (C=O) groups excluding carboxylic acids is 2. The Bertz CT molecular complexity index is 631. The van der Waals surface area contributed by atoms with E-state index in [1.165, 1.54) is 11.6 Å². The molecule has 2 aromatic rings. The fourth-order valence-corrected chi connectivity index (χ4v) is 1.78. The van der Waals surface area contributed by atoms with E-state index in [4.69, 9.17) is 4.74 Å². The lowest BCUT2D eigenvalue weighted by molar-refractivity contribution is 0.0329. The standard InChI is InChI=1S/C14H16N2O3/c1-4-9(2)19-14(18)13-11-7-5-6-8-12(11)16(15-13)10(3)17/h5-9H,4H2,1-3H3/t9-/m1/s1. The molecular weight excluding hydrogens is 244 g/mol. The predicted molar refractivity (Wildman–Crippen MR) is 71.2 cm³/mol. The van der Waals surface area contributed by atoms with Crippen LogP contribution < -0.4 is 0 Å². The Kier molecular flexibility index (Phi) is 3.64. The highest BCUT2D eigenvalue weighted by Gasteiger charge is 2.20. The van der Waals surface area contributed by atoms with Crippen molar-refractivity contribution in [2.45, 2.75) is 33.3 Å². The van der Waals surface area contributed by atoms with Crippen LogP contribution in [0, 0.1) is 0 Å². The number of carbonyl (C=O) groups is 2. The zero-order chi connectivity index (χ0) is 14.0. The molecule has 5 heteroatoms. The van der Waals surface area contributed by atoms with Gasteiger partial charge in [-0.05, 0) is 19.4 Å². The van der Waals surface area contributed by atoms with Crippen LogP contribution >= 0.6 is 0 Å². The molecule has 0 bridgehead atoms. The van der Waals surface area contributed by atoms with Gasteiger partial charge in [0, 0.05) is 12.3 Å². The van der Waals surface area contributed by atoms with E-state index in [9.17, 15) is 9.59 Å². The van der Waals surface area contributed by atoms with E-state index in [0.717, 1.165) is 6.42 Å². The number of aromatic nitrogens is 2. The third-order valence-corrected chi connectivity index (χ3v) is 2.96. The molecule has 0 aliphatic rings. The van der Waals surface area contributed by atoms with Crippen molar-refractivity contribution in [3.63, 3.8) is 0 Å². The van der Waals surface area contributed by atoms with Gasteiger partial charge < -0.3 is 4.74 Å². The summed E-state index contributed by atoms with van der Waals surface area (Å²) in [5.41, 5.74) is 0.803. The maximum atomic E-state index is 12.1. The highest BCUT2D eigenvalue weighted by atomic mass is 16.5. The lowest BCUT2D eigenvalue weighted by Gasteiger charge is -2.09. The first kappa shape index (κ1) is 13.3. The summed E-state index contributed by atoms with van der Waals surface area (Å²) in [6.45, 7) is 5.16. The van der Waals surface area contributed by atoms with Gasteiger partial charge in [0.15, 0.2) is 5.69 Å². The summed E-state index contributed by atoms with van der Waals surface area (Å²) in [5.74, 6) is -0.732. The van der Waals surface area contributed by atoms with Crippen molar-refractivity contribution in [3.05, 3.63) is 30.0 Å². The van der Waals surface area contributed by atoms with E-state index < -0.39 is 5.97 Å². The van der Waals surface area contributed by atoms with Crippen molar-refractivity contribution < 1.29 is 14.3 Å². The number of hydrogen-bond acceptors (Lipinski definition) is 4. The molecule has 0 saturated carbocycles. The van der Waals surface area contributed by atoms with Crippen LogP contribution in [0.15, 0.2) is 24.3 Å². The highest BCUT2D eigenvalue weighted by Crippen LogP contribution is 2.19. The minimum Gasteiger partial charge on any atom is -0.458 e. The largest absolute Gasteiger partial charge is 0.458 e. The van der Waals surface area contributed by atoms with Gasteiger partial charge in [0.25, 0.3) is 0 Å². The second kappa shape index (κ2) is 5.22. The van der Waals surface area contributed by atoms with Crippen LogP contribution in [0.4, 0.5) is 0 Å². The van der Waals surface area contributed by atoms with Crippen LogP contribution in [-0.4, -0.2) is 27.8 Å². The Morgan fingerprint density at radius 1 is 1.37 bits per heavy atom. The van der Waals surface area contributed by atoms with Gasteiger partial charge in [-0.1, -0.05) is 25.1 Å². The second-order valence-electron chi connectivity index (χ2n) is 4.42. The molecule has 0 fully saturated rings. The summed E-state index contributed by atoms with van der Waals surface area (Å²) >= 11 is 0. The maximum Gasteiger partial charge on any atom is 0.359 e. The fourth-order valence-electron chi connectivity index (χ4n) is 1.78. The topological polar surface area (TPSA) is 61.2 Å². The van der Waals surface area contributed by atoms with Crippen molar-refractivity contribution in [3.8, 4) is 0 Å². The normalized spacial score (nSPS) is 12.4. The lowest BCUT2D eigenvalue weighted by atomic mass is 10.2. The minimum absolute atomic E-state index is 0.172. The Morgan fingerprint density at radius 2 is 2.05 bits per heavy atom. The molecule has 19 heavy (non-hydrogen) atoms. The summed E-state index contributed by atoms with van der Waals surface area (Å²) in [5, 5.41) is 4.70. The number of para-hydroxylation sites is 1. The molecule has 0 spiro atoms. The van der Waals surface area contributed by atoms with Gasteiger partial charge in [-0.25, -0.2) is 4.79 Å². The number of nitrogens with zero attached hydrogens (tertiary/aromatic N) is 2. The quantitative estimate of drug-likeness (QED) is 0.796. The molecule has 0 radical (unpaired) electrons. The first-order valence-electron chi connectivity index (χ1n) is 6.24. The number of rotatable bonds is 3. The summed E-state index contributed by atoms with van der Waals surface area (Å²) in [7, 11) is 0. The SMILES string of the molecule is CC[C@@H](C)OC(=O)c1nn(C(C)=O)c2ccccc12. The van der Waals surface area contributed by atoms with Gasteiger partial charge in [0.2, 0.25) is 5.91 Å². The highest BCUT2D eigenvalue weighted by molar-refractivity contribution is 6.04. The van der Waals surface area contributed by atoms with E-state index in [1.807, 2.05) is 13.8 Å². The predicted octanol–water partition coefficient (Wildman–Crippen LogP) is 2.65.